The molecule has 0 heterocycles. The molecule has 1 unspecified atom stereocenters. The molecule has 0 aliphatic heterocycles. The molecule has 35 heavy (non-hydrogen) atoms. The average molecular weight is 543 g/mol. The fourth-order valence-electron chi connectivity index (χ4n) is 4.86. The normalized spacial score (nSPS) is 12.5. The zero-order valence-corrected chi connectivity index (χ0v) is 27.9. The Morgan fingerprint density at radius 3 is 1.03 bits per heavy atom. The van der Waals surface area contributed by atoms with Gasteiger partial charge in [-0.15, -0.1) is 0 Å². The fraction of sp³-hybridized carbons (Fsp3) is 1.00. The van der Waals surface area contributed by atoms with Gasteiger partial charge in [-0.25, -0.2) is 8.42 Å². The van der Waals surface area contributed by atoms with Gasteiger partial charge in [0.1, 0.15) is 0 Å². The van der Waals surface area contributed by atoms with Crippen molar-refractivity contribution in [3.63, 3.8) is 0 Å². The standard InChI is InChI=1S/C29H60O4S.K/c1-3-5-7-9-11-13-15-16-17-19-21-23-25-27-29(28-33-34(30,31)32)26-24-22-20-18-14-12-10-8-6-4-2;/h29H,3-28H2,1-2H3,(H,30,31,32);/q;+1/p-1. The van der Waals surface area contributed by atoms with E-state index < -0.39 is 10.4 Å². The Kier molecular flexibility index (Phi) is 33.2. The number of hydrogen-bond donors (Lipinski definition) is 0. The molecule has 0 saturated carbocycles. The second kappa shape index (κ2) is 30.1. The Morgan fingerprint density at radius 1 is 0.514 bits per heavy atom. The second-order valence-corrected chi connectivity index (χ2v) is 11.6. The minimum atomic E-state index is -4.58. The van der Waals surface area contributed by atoms with Crippen LogP contribution in [-0.2, 0) is 14.6 Å². The van der Waals surface area contributed by atoms with Gasteiger partial charge in [-0.3, -0.25) is 4.18 Å². The molecule has 0 aromatic carbocycles. The first-order valence-electron chi connectivity index (χ1n) is 15.1. The van der Waals surface area contributed by atoms with Gasteiger partial charge in [0.15, 0.2) is 0 Å². The molecule has 4 nitrogen and oxygen atoms in total. The van der Waals surface area contributed by atoms with Crippen molar-refractivity contribution in [1.82, 2.24) is 0 Å². The van der Waals surface area contributed by atoms with Crippen LogP contribution >= 0.6 is 0 Å². The molecule has 6 heteroatoms. The largest absolute Gasteiger partial charge is 1.00 e. The summed E-state index contributed by atoms with van der Waals surface area (Å²) < 4.78 is 37.3. The summed E-state index contributed by atoms with van der Waals surface area (Å²) in [4.78, 5) is 0. The van der Waals surface area contributed by atoms with Gasteiger partial charge in [-0.05, 0) is 18.8 Å². The Morgan fingerprint density at radius 2 is 0.771 bits per heavy atom. The number of hydrogen-bond acceptors (Lipinski definition) is 4. The molecule has 206 valence electrons. The van der Waals surface area contributed by atoms with E-state index in [1.54, 1.807) is 0 Å². The summed E-state index contributed by atoms with van der Waals surface area (Å²) in [5.41, 5.74) is 0. The van der Waals surface area contributed by atoms with Crippen LogP contribution in [0.3, 0.4) is 0 Å². The minimum absolute atomic E-state index is 0. The Hall–Kier alpha value is 1.51. The predicted molar refractivity (Wildman–Crippen MR) is 146 cm³/mol. The first-order valence-corrected chi connectivity index (χ1v) is 16.4. The van der Waals surface area contributed by atoms with Crippen LogP contribution in [0.5, 0.6) is 0 Å². The van der Waals surface area contributed by atoms with Gasteiger partial charge in [0.25, 0.3) is 0 Å². The molecule has 0 rings (SSSR count). The quantitative estimate of drug-likeness (QED) is 0.0468. The van der Waals surface area contributed by atoms with E-state index >= 15 is 0 Å². The summed E-state index contributed by atoms with van der Waals surface area (Å²) in [6.45, 7) is 4.59. The fourth-order valence-corrected chi connectivity index (χ4v) is 5.22. The third kappa shape index (κ3) is 33.5. The van der Waals surface area contributed by atoms with Gasteiger partial charge in [0.05, 0.1) is 6.61 Å². The summed E-state index contributed by atoms with van der Waals surface area (Å²) in [5, 5.41) is 0. The van der Waals surface area contributed by atoms with Crippen molar-refractivity contribution in [3.8, 4) is 0 Å². The van der Waals surface area contributed by atoms with Crippen LogP contribution in [0.25, 0.3) is 0 Å². The molecule has 0 aromatic heterocycles. The van der Waals surface area contributed by atoms with Crippen molar-refractivity contribution < 1.29 is 68.5 Å². The summed E-state index contributed by atoms with van der Waals surface area (Å²) >= 11 is 0. The third-order valence-electron chi connectivity index (χ3n) is 7.13. The molecule has 0 aromatic rings. The summed E-state index contributed by atoms with van der Waals surface area (Å²) in [7, 11) is -4.58. The predicted octanol–water partition coefficient (Wildman–Crippen LogP) is 6.88. The van der Waals surface area contributed by atoms with Crippen LogP contribution in [0, 0.1) is 5.92 Å². The van der Waals surface area contributed by atoms with Crippen molar-refractivity contribution in [2.24, 2.45) is 5.92 Å². The SMILES string of the molecule is CCCCCCCCCCCCCCCC(CCCCCCCCCCCC)COS(=O)(=O)[O-].[K+]. The van der Waals surface area contributed by atoms with Gasteiger partial charge in [0.2, 0.25) is 10.4 Å². The molecule has 0 bridgehead atoms. The number of rotatable bonds is 28. The number of unbranched alkanes of at least 4 members (excludes halogenated alkanes) is 21. The maximum atomic E-state index is 10.9. The molecule has 0 spiro atoms. The van der Waals surface area contributed by atoms with E-state index in [-0.39, 0.29) is 63.9 Å². The first-order chi connectivity index (χ1) is 16.5. The molecule has 0 saturated heterocycles. The van der Waals surface area contributed by atoms with Crippen molar-refractivity contribution in [3.05, 3.63) is 0 Å². The molecular weight excluding hydrogens is 483 g/mol. The smallest absolute Gasteiger partial charge is 0.726 e. The molecular formula is C29H59KO4S. The molecule has 0 N–H and O–H groups in total. The summed E-state index contributed by atoms with van der Waals surface area (Å²) in [6, 6.07) is 0. The Bertz CT molecular complexity index is 499. The monoisotopic (exact) mass is 542 g/mol. The van der Waals surface area contributed by atoms with E-state index in [1.807, 2.05) is 0 Å². The van der Waals surface area contributed by atoms with E-state index in [4.69, 9.17) is 0 Å². The maximum absolute atomic E-state index is 10.9. The molecule has 0 aliphatic carbocycles. The van der Waals surface area contributed by atoms with Gasteiger partial charge in [0, 0.05) is 0 Å². The zero-order chi connectivity index (χ0) is 25.2. The topological polar surface area (TPSA) is 66.4 Å². The van der Waals surface area contributed by atoms with E-state index in [0.717, 1.165) is 25.7 Å². The molecule has 0 radical (unpaired) electrons. The van der Waals surface area contributed by atoms with Crippen LogP contribution in [0.15, 0.2) is 0 Å². The van der Waals surface area contributed by atoms with E-state index in [0.29, 0.717) is 0 Å². The summed E-state index contributed by atoms with van der Waals surface area (Å²) in [6.07, 6.45) is 32.3. The second-order valence-electron chi connectivity index (χ2n) is 10.6. The molecule has 0 amide bonds. The summed E-state index contributed by atoms with van der Waals surface area (Å²) in [5.74, 6) is 0.200. The zero-order valence-electron chi connectivity index (χ0n) is 24.0. The van der Waals surface area contributed by atoms with Crippen LogP contribution < -0.4 is 51.4 Å². The Labute approximate surface area is 263 Å². The van der Waals surface area contributed by atoms with Crippen LogP contribution in [0.2, 0.25) is 0 Å². The van der Waals surface area contributed by atoms with Crippen LogP contribution in [-0.4, -0.2) is 19.6 Å². The van der Waals surface area contributed by atoms with Gasteiger partial charge < -0.3 is 4.55 Å². The van der Waals surface area contributed by atoms with Gasteiger partial charge >= 0.3 is 51.4 Å². The van der Waals surface area contributed by atoms with Crippen molar-refractivity contribution in [1.29, 1.82) is 0 Å². The Balaban J connectivity index is 0. The van der Waals surface area contributed by atoms with Gasteiger partial charge in [-0.2, -0.15) is 0 Å². The van der Waals surface area contributed by atoms with Crippen LogP contribution in [0.4, 0.5) is 0 Å². The van der Waals surface area contributed by atoms with Crippen molar-refractivity contribution in [2.75, 3.05) is 6.61 Å². The molecule has 0 aliphatic rings. The van der Waals surface area contributed by atoms with E-state index in [9.17, 15) is 13.0 Å². The van der Waals surface area contributed by atoms with Gasteiger partial charge in [-0.1, -0.05) is 162 Å². The average Bonchev–Trinajstić information content (AvgIpc) is 2.80. The van der Waals surface area contributed by atoms with E-state index in [2.05, 4.69) is 18.0 Å². The maximum Gasteiger partial charge on any atom is 1.00 e. The molecule has 0 fully saturated rings. The van der Waals surface area contributed by atoms with Crippen molar-refractivity contribution >= 4 is 10.4 Å². The van der Waals surface area contributed by atoms with Crippen LogP contribution in [0.1, 0.15) is 174 Å². The molecule has 1 atom stereocenters. The third-order valence-corrected chi connectivity index (χ3v) is 7.55. The van der Waals surface area contributed by atoms with E-state index in [1.165, 1.54) is 135 Å². The first kappa shape index (κ1) is 38.7. The van der Waals surface area contributed by atoms with Crippen molar-refractivity contribution in [2.45, 2.75) is 174 Å². The minimum Gasteiger partial charge on any atom is -0.726 e.